The fraction of sp³-hybridized carbons (Fsp3) is 0.786. The van der Waals surface area contributed by atoms with E-state index in [4.69, 9.17) is 0 Å². The molecule has 0 saturated heterocycles. The molecule has 1 nitrogen and oxygen atoms in total. The third kappa shape index (κ3) is 2.02. The standard InChI is InChI=1S/C14H22O/c1-10(2)11-4-6-14(3)7-5-13(15)9-12(14)8-11/h9-11H,4-8H2,1-3H3. The maximum absolute atomic E-state index is 11.5. The molecule has 0 aromatic carbocycles. The van der Waals surface area contributed by atoms with Crippen LogP contribution >= 0.6 is 0 Å². The number of hydrogen-bond acceptors (Lipinski definition) is 1. The Balaban J connectivity index is 2.19. The highest BCUT2D eigenvalue weighted by Crippen LogP contribution is 2.49. The Bertz CT molecular complexity index is 300. The first-order valence-corrected chi connectivity index (χ1v) is 6.25. The van der Waals surface area contributed by atoms with Crippen LogP contribution in [-0.4, -0.2) is 5.78 Å². The second kappa shape index (κ2) is 3.77. The first kappa shape index (κ1) is 10.9. The summed E-state index contributed by atoms with van der Waals surface area (Å²) in [6.45, 7) is 6.96. The van der Waals surface area contributed by atoms with Gasteiger partial charge in [-0.2, -0.15) is 0 Å². The summed E-state index contributed by atoms with van der Waals surface area (Å²) in [5, 5.41) is 0. The number of ketones is 1. The normalized spacial score (nSPS) is 36.4. The van der Waals surface area contributed by atoms with Gasteiger partial charge in [0.25, 0.3) is 0 Å². The third-order valence-corrected chi connectivity index (χ3v) is 4.53. The second-order valence-corrected chi connectivity index (χ2v) is 5.94. The van der Waals surface area contributed by atoms with Crippen molar-refractivity contribution < 1.29 is 4.79 Å². The van der Waals surface area contributed by atoms with Crippen LogP contribution in [0.15, 0.2) is 11.6 Å². The monoisotopic (exact) mass is 206 g/mol. The SMILES string of the molecule is CC(C)C1CCC2(C)CCC(=O)C=C2C1. The number of hydrogen-bond donors (Lipinski definition) is 0. The molecule has 0 radical (unpaired) electrons. The average molecular weight is 206 g/mol. The van der Waals surface area contributed by atoms with Crippen LogP contribution in [-0.2, 0) is 4.79 Å². The van der Waals surface area contributed by atoms with Gasteiger partial charge in [0.05, 0.1) is 0 Å². The summed E-state index contributed by atoms with van der Waals surface area (Å²) in [6, 6.07) is 0. The van der Waals surface area contributed by atoms with Crippen molar-refractivity contribution in [3.05, 3.63) is 11.6 Å². The molecule has 1 saturated carbocycles. The van der Waals surface area contributed by atoms with Gasteiger partial charge in [0.2, 0.25) is 0 Å². The average Bonchev–Trinajstić information content (AvgIpc) is 2.18. The van der Waals surface area contributed by atoms with Crippen LogP contribution in [0, 0.1) is 17.3 Å². The van der Waals surface area contributed by atoms with Crippen LogP contribution in [0.25, 0.3) is 0 Å². The molecule has 2 aliphatic rings. The van der Waals surface area contributed by atoms with Gasteiger partial charge in [-0.05, 0) is 49.0 Å². The minimum absolute atomic E-state index is 0.354. The Morgan fingerprint density at radius 2 is 2.13 bits per heavy atom. The molecule has 1 heteroatoms. The van der Waals surface area contributed by atoms with E-state index < -0.39 is 0 Å². The summed E-state index contributed by atoms with van der Waals surface area (Å²) >= 11 is 0. The van der Waals surface area contributed by atoms with Crippen molar-refractivity contribution >= 4 is 5.78 Å². The quantitative estimate of drug-likeness (QED) is 0.638. The van der Waals surface area contributed by atoms with Crippen LogP contribution in [0.1, 0.15) is 52.9 Å². The molecular formula is C14H22O. The van der Waals surface area contributed by atoms with Gasteiger partial charge in [0.1, 0.15) is 0 Å². The Labute approximate surface area is 92.9 Å². The highest BCUT2D eigenvalue weighted by molar-refractivity contribution is 5.91. The van der Waals surface area contributed by atoms with Gasteiger partial charge in [-0.3, -0.25) is 4.79 Å². The van der Waals surface area contributed by atoms with Crippen molar-refractivity contribution in [3.63, 3.8) is 0 Å². The number of allylic oxidation sites excluding steroid dienone is 2. The van der Waals surface area contributed by atoms with E-state index in [9.17, 15) is 4.79 Å². The molecule has 0 aliphatic heterocycles. The van der Waals surface area contributed by atoms with Crippen LogP contribution in [0.5, 0.6) is 0 Å². The van der Waals surface area contributed by atoms with E-state index >= 15 is 0 Å². The summed E-state index contributed by atoms with van der Waals surface area (Å²) in [4.78, 5) is 11.5. The van der Waals surface area contributed by atoms with Crippen LogP contribution in [0.2, 0.25) is 0 Å². The lowest BCUT2D eigenvalue weighted by molar-refractivity contribution is -0.116. The Morgan fingerprint density at radius 3 is 2.80 bits per heavy atom. The molecule has 2 unspecified atom stereocenters. The van der Waals surface area contributed by atoms with Crippen LogP contribution in [0.4, 0.5) is 0 Å². The fourth-order valence-electron chi connectivity index (χ4n) is 3.05. The molecule has 2 atom stereocenters. The van der Waals surface area contributed by atoms with E-state index in [1.54, 1.807) is 0 Å². The minimum atomic E-state index is 0.354. The van der Waals surface area contributed by atoms with E-state index in [0.717, 1.165) is 24.7 Å². The molecule has 0 spiro atoms. The molecule has 2 aliphatic carbocycles. The number of rotatable bonds is 1. The van der Waals surface area contributed by atoms with E-state index in [-0.39, 0.29) is 0 Å². The highest BCUT2D eigenvalue weighted by Gasteiger charge is 2.38. The molecule has 2 rings (SSSR count). The lowest BCUT2D eigenvalue weighted by Gasteiger charge is -2.43. The number of carbonyl (C=O) groups is 1. The van der Waals surface area contributed by atoms with Crippen molar-refractivity contribution in [2.45, 2.75) is 52.9 Å². The van der Waals surface area contributed by atoms with E-state index in [2.05, 4.69) is 20.8 Å². The predicted octanol–water partition coefficient (Wildman–Crippen LogP) is 3.74. The molecule has 15 heavy (non-hydrogen) atoms. The molecule has 1 fully saturated rings. The van der Waals surface area contributed by atoms with Crippen molar-refractivity contribution in [1.29, 1.82) is 0 Å². The summed E-state index contributed by atoms with van der Waals surface area (Å²) in [5.74, 6) is 1.91. The van der Waals surface area contributed by atoms with E-state index in [0.29, 0.717) is 11.2 Å². The van der Waals surface area contributed by atoms with Gasteiger partial charge < -0.3 is 0 Å². The fourth-order valence-corrected chi connectivity index (χ4v) is 3.05. The zero-order valence-electron chi connectivity index (χ0n) is 10.2. The van der Waals surface area contributed by atoms with Gasteiger partial charge in [-0.15, -0.1) is 0 Å². The molecular weight excluding hydrogens is 184 g/mol. The maximum Gasteiger partial charge on any atom is 0.155 e. The Hall–Kier alpha value is -0.590. The number of fused-ring (bicyclic) bond motifs is 1. The van der Waals surface area contributed by atoms with Gasteiger partial charge in [0.15, 0.2) is 5.78 Å². The van der Waals surface area contributed by atoms with Crippen molar-refractivity contribution in [2.24, 2.45) is 17.3 Å². The molecule has 84 valence electrons. The molecule has 0 heterocycles. The zero-order chi connectivity index (χ0) is 11.1. The summed E-state index contributed by atoms with van der Waals surface area (Å²) in [6.07, 6.45) is 7.61. The molecule has 0 amide bonds. The lowest BCUT2D eigenvalue weighted by Crippen LogP contribution is -2.32. The van der Waals surface area contributed by atoms with Crippen LogP contribution < -0.4 is 0 Å². The van der Waals surface area contributed by atoms with Gasteiger partial charge in [-0.1, -0.05) is 26.3 Å². The predicted molar refractivity (Wildman–Crippen MR) is 62.6 cm³/mol. The van der Waals surface area contributed by atoms with Gasteiger partial charge >= 0.3 is 0 Å². The number of carbonyl (C=O) groups excluding carboxylic acids is 1. The molecule has 0 aromatic rings. The largest absolute Gasteiger partial charge is 0.295 e. The lowest BCUT2D eigenvalue weighted by atomic mass is 9.62. The summed E-state index contributed by atoms with van der Waals surface area (Å²) < 4.78 is 0. The Morgan fingerprint density at radius 1 is 1.40 bits per heavy atom. The molecule has 0 bridgehead atoms. The smallest absolute Gasteiger partial charge is 0.155 e. The molecule has 0 N–H and O–H groups in total. The van der Waals surface area contributed by atoms with E-state index in [1.165, 1.54) is 24.8 Å². The summed E-state index contributed by atoms with van der Waals surface area (Å²) in [5.41, 5.74) is 1.81. The van der Waals surface area contributed by atoms with Gasteiger partial charge in [0, 0.05) is 6.42 Å². The maximum atomic E-state index is 11.5. The van der Waals surface area contributed by atoms with Crippen molar-refractivity contribution in [2.75, 3.05) is 0 Å². The topological polar surface area (TPSA) is 17.1 Å². The van der Waals surface area contributed by atoms with Crippen molar-refractivity contribution in [1.82, 2.24) is 0 Å². The van der Waals surface area contributed by atoms with Crippen LogP contribution in [0.3, 0.4) is 0 Å². The minimum Gasteiger partial charge on any atom is -0.295 e. The highest BCUT2D eigenvalue weighted by atomic mass is 16.1. The van der Waals surface area contributed by atoms with Gasteiger partial charge in [-0.25, -0.2) is 0 Å². The Kier molecular flexibility index (Phi) is 2.74. The zero-order valence-corrected chi connectivity index (χ0v) is 10.2. The summed E-state index contributed by atoms with van der Waals surface area (Å²) in [7, 11) is 0. The first-order chi connectivity index (χ1) is 7.01. The first-order valence-electron chi connectivity index (χ1n) is 6.25. The third-order valence-electron chi connectivity index (χ3n) is 4.53. The second-order valence-electron chi connectivity index (χ2n) is 5.94. The van der Waals surface area contributed by atoms with Crippen molar-refractivity contribution in [3.8, 4) is 0 Å². The molecule has 0 aromatic heterocycles. The van der Waals surface area contributed by atoms with E-state index in [1.807, 2.05) is 6.08 Å².